The lowest BCUT2D eigenvalue weighted by atomic mass is 9.72. The molecule has 0 bridgehead atoms. The summed E-state index contributed by atoms with van der Waals surface area (Å²) in [5, 5.41) is 0. The topological polar surface area (TPSA) is 61.8 Å². The van der Waals surface area contributed by atoms with Crippen LogP contribution in [0.1, 0.15) is 25.7 Å². The first kappa shape index (κ1) is 17.5. The van der Waals surface area contributed by atoms with Crippen molar-refractivity contribution in [2.75, 3.05) is 58.3 Å². The SMILES string of the molecule is COc1cc(N2CCC(C(=O)N3CCC4(CC3)CN(C)C4)CC2)ncn1. The molecule has 0 N–H and O–H groups in total. The van der Waals surface area contributed by atoms with E-state index >= 15 is 0 Å². The smallest absolute Gasteiger partial charge is 0.225 e. The molecule has 0 atom stereocenters. The number of rotatable bonds is 3. The second kappa shape index (κ2) is 7.02. The summed E-state index contributed by atoms with van der Waals surface area (Å²) >= 11 is 0. The van der Waals surface area contributed by atoms with Crippen LogP contribution in [0.2, 0.25) is 0 Å². The molecule has 3 aliphatic rings. The molecule has 0 unspecified atom stereocenters. The molecular formula is C19H29N5O2. The van der Waals surface area contributed by atoms with Gasteiger partial charge < -0.3 is 19.4 Å². The number of anilines is 1. The summed E-state index contributed by atoms with van der Waals surface area (Å²) in [5.74, 6) is 1.99. The minimum Gasteiger partial charge on any atom is -0.481 e. The predicted molar refractivity (Wildman–Crippen MR) is 99.3 cm³/mol. The zero-order valence-corrected chi connectivity index (χ0v) is 15.9. The molecule has 1 spiro atoms. The van der Waals surface area contributed by atoms with Crippen LogP contribution < -0.4 is 9.64 Å². The quantitative estimate of drug-likeness (QED) is 0.810. The van der Waals surface area contributed by atoms with Crippen LogP contribution in [0, 0.1) is 11.3 Å². The summed E-state index contributed by atoms with van der Waals surface area (Å²) in [5.41, 5.74) is 0.501. The summed E-state index contributed by atoms with van der Waals surface area (Å²) in [4.78, 5) is 28.1. The molecule has 4 heterocycles. The summed E-state index contributed by atoms with van der Waals surface area (Å²) in [6, 6.07) is 1.86. The number of carbonyl (C=O) groups is 1. The third-order valence-corrected chi connectivity index (χ3v) is 6.35. The van der Waals surface area contributed by atoms with Gasteiger partial charge in [0.15, 0.2) is 0 Å². The molecule has 3 fully saturated rings. The fourth-order valence-electron chi connectivity index (χ4n) is 4.84. The van der Waals surface area contributed by atoms with E-state index in [1.807, 2.05) is 6.07 Å². The van der Waals surface area contributed by atoms with Crippen LogP contribution in [0.5, 0.6) is 5.88 Å². The average Bonchev–Trinajstić information content (AvgIpc) is 2.67. The van der Waals surface area contributed by atoms with Crippen molar-refractivity contribution in [3.8, 4) is 5.88 Å². The number of hydrogen-bond acceptors (Lipinski definition) is 6. The maximum Gasteiger partial charge on any atom is 0.225 e. The Morgan fingerprint density at radius 3 is 2.46 bits per heavy atom. The average molecular weight is 359 g/mol. The molecule has 1 aromatic rings. The predicted octanol–water partition coefficient (Wildman–Crippen LogP) is 1.26. The number of aromatic nitrogens is 2. The summed E-state index contributed by atoms with van der Waals surface area (Å²) in [7, 11) is 3.80. The van der Waals surface area contributed by atoms with Crippen molar-refractivity contribution in [2.24, 2.45) is 11.3 Å². The molecule has 7 nitrogen and oxygen atoms in total. The Balaban J connectivity index is 1.28. The van der Waals surface area contributed by atoms with Gasteiger partial charge in [0.2, 0.25) is 11.8 Å². The van der Waals surface area contributed by atoms with Gasteiger partial charge in [0.25, 0.3) is 0 Å². The molecular weight excluding hydrogens is 330 g/mol. The number of piperidine rings is 2. The van der Waals surface area contributed by atoms with Crippen LogP contribution in [-0.2, 0) is 4.79 Å². The standard InChI is InChI=1S/C19H29N5O2/c1-22-12-19(13-22)5-9-24(10-6-19)18(25)15-3-7-23(8-4-15)16-11-17(26-2)21-14-20-16/h11,14-15H,3-10,12-13H2,1-2H3. The second-order valence-corrected chi connectivity index (χ2v) is 8.18. The van der Waals surface area contributed by atoms with Crippen LogP contribution in [0.15, 0.2) is 12.4 Å². The first-order valence-electron chi connectivity index (χ1n) is 9.67. The summed E-state index contributed by atoms with van der Waals surface area (Å²) in [6.07, 6.45) is 5.67. The Morgan fingerprint density at radius 2 is 1.85 bits per heavy atom. The highest BCUT2D eigenvalue weighted by Crippen LogP contribution is 2.40. The van der Waals surface area contributed by atoms with Crippen molar-refractivity contribution in [3.05, 3.63) is 12.4 Å². The Labute approximate surface area is 155 Å². The Morgan fingerprint density at radius 1 is 1.15 bits per heavy atom. The Bertz CT molecular complexity index is 643. The van der Waals surface area contributed by atoms with Gasteiger partial charge in [-0.05, 0) is 38.1 Å². The van der Waals surface area contributed by atoms with Gasteiger partial charge in [-0.1, -0.05) is 0 Å². The lowest BCUT2D eigenvalue weighted by Crippen LogP contribution is -2.59. The maximum atomic E-state index is 12.9. The molecule has 1 amide bonds. The zero-order valence-electron chi connectivity index (χ0n) is 15.9. The lowest BCUT2D eigenvalue weighted by Gasteiger charge is -2.53. The zero-order chi connectivity index (χ0) is 18.1. The van der Waals surface area contributed by atoms with E-state index in [0.717, 1.165) is 44.8 Å². The molecule has 142 valence electrons. The van der Waals surface area contributed by atoms with Gasteiger partial charge in [0.05, 0.1) is 7.11 Å². The number of nitrogens with zero attached hydrogens (tertiary/aromatic N) is 5. The van der Waals surface area contributed by atoms with Crippen molar-refractivity contribution >= 4 is 11.7 Å². The van der Waals surface area contributed by atoms with Crippen molar-refractivity contribution in [2.45, 2.75) is 25.7 Å². The fourth-order valence-corrected chi connectivity index (χ4v) is 4.84. The number of hydrogen-bond donors (Lipinski definition) is 0. The highest BCUT2D eigenvalue weighted by Gasteiger charge is 2.44. The number of methoxy groups -OCH3 is 1. The number of ether oxygens (including phenoxy) is 1. The maximum absolute atomic E-state index is 12.9. The summed E-state index contributed by atoms with van der Waals surface area (Å²) in [6.45, 7) is 6.01. The van der Waals surface area contributed by atoms with Gasteiger partial charge in [-0.3, -0.25) is 4.79 Å². The van der Waals surface area contributed by atoms with E-state index in [4.69, 9.17) is 4.74 Å². The van der Waals surface area contributed by atoms with Gasteiger partial charge in [-0.15, -0.1) is 0 Å². The third-order valence-electron chi connectivity index (χ3n) is 6.35. The molecule has 0 saturated carbocycles. The molecule has 0 aliphatic carbocycles. The van der Waals surface area contributed by atoms with Crippen molar-refractivity contribution < 1.29 is 9.53 Å². The van der Waals surface area contributed by atoms with Gasteiger partial charge >= 0.3 is 0 Å². The normalized spacial score (nSPS) is 23.8. The Hall–Kier alpha value is -1.89. The molecule has 4 rings (SSSR count). The van der Waals surface area contributed by atoms with Gasteiger partial charge in [0.1, 0.15) is 12.1 Å². The molecule has 3 aliphatic heterocycles. The number of carbonyl (C=O) groups excluding carboxylic acids is 1. The van der Waals surface area contributed by atoms with Gasteiger partial charge in [0, 0.05) is 51.3 Å². The monoisotopic (exact) mass is 359 g/mol. The highest BCUT2D eigenvalue weighted by molar-refractivity contribution is 5.79. The molecule has 0 radical (unpaired) electrons. The van der Waals surface area contributed by atoms with Crippen molar-refractivity contribution in [1.29, 1.82) is 0 Å². The largest absolute Gasteiger partial charge is 0.481 e. The van der Waals surface area contributed by atoms with E-state index in [1.54, 1.807) is 7.11 Å². The minimum atomic E-state index is 0.160. The van der Waals surface area contributed by atoms with Gasteiger partial charge in [-0.25, -0.2) is 9.97 Å². The first-order valence-corrected chi connectivity index (χ1v) is 9.67. The van der Waals surface area contributed by atoms with Crippen LogP contribution in [0.4, 0.5) is 5.82 Å². The number of amides is 1. The van der Waals surface area contributed by atoms with Crippen LogP contribution in [0.3, 0.4) is 0 Å². The molecule has 0 aromatic carbocycles. The van der Waals surface area contributed by atoms with E-state index in [9.17, 15) is 4.79 Å². The van der Waals surface area contributed by atoms with Crippen LogP contribution >= 0.6 is 0 Å². The highest BCUT2D eigenvalue weighted by atomic mass is 16.5. The van der Waals surface area contributed by atoms with Crippen LogP contribution in [0.25, 0.3) is 0 Å². The molecule has 7 heteroatoms. The Kier molecular flexibility index (Phi) is 4.73. The van der Waals surface area contributed by atoms with E-state index in [2.05, 4.69) is 31.7 Å². The van der Waals surface area contributed by atoms with Crippen molar-refractivity contribution in [1.82, 2.24) is 19.8 Å². The van der Waals surface area contributed by atoms with Crippen molar-refractivity contribution in [3.63, 3.8) is 0 Å². The molecule has 26 heavy (non-hydrogen) atoms. The lowest BCUT2D eigenvalue weighted by molar-refractivity contribution is -0.140. The van der Waals surface area contributed by atoms with E-state index in [0.29, 0.717) is 17.2 Å². The van der Waals surface area contributed by atoms with E-state index in [1.165, 1.54) is 32.3 Å². The second-order valence-electron chi connectivity index (χ2n) is 8.18. The molecule has 3 saturated heterocycles. The number of likely N-dealkylation sites (tertiary alicyclic amines) is 2. The fraction of sp³-hybridized carbons (Fsp3) is 0.737. The van der Waals surface area contributed by atoms with E-state index < -0.39 is 0 Å². The van der Waals surface area contributed by atoms with Crippen LogP contribution in [-0.4, -0.2) is 79.1 Å². The first-order chi connectivity index (χ1) is 12.6. The third kappa shape index (κ3) is 3.37. The summed E-state index contributed by atoms with van der Waals surface area (Å²) < 4.78 is 5.18. The van der Waals surface area contributed by atoms with E-state index in [-0.39, 0.29) is 5.92 Å². The van der Waals surface area contributed by atoms with Gasteiger partial charge in [-0.2, -0.15) is 0 Å². The molecule has 1 aromatic heterocycles. The minimum absolute atomic E-state index is 0.160.